The number of carbonyl (C=O) groups is 3. The number of amides is 3. The number of hydrogen-bond donors (Lipinski definition) is 1. The standard InChI is InChI=1S/C27H33N3O3/c31-25(16-15-21-9-3-1-4-10-21)29-18-8-19-30(27(33)22-11-5-2-6-12-22)24-14-7-13-23(24)26(32)28-17-20-29/h1-6,9-12,23-24H,7-8,13-20H2,(H,28,32)/t23-,24+/m1/s1. The van der Waals surface area contributed by atoms with Gasteiger partial charge in [-0.2, -0.15) is 0 Å². The van der Waals surface area contributed by atoms with Gasteiger partial charge in [-0.15, -0.1) is 0 Å². The first kappa shape index (κ1) is 23.0. The summed E-state index contributed by atoms with van der Waals surface area (Å²) >= 11 is 0. The highest BCUT2D eigenvalue weighted by molar-refractivity contribution is 5.95. The number of nitrogens with zero attached hydrogens (tertiary/aromatic N) is 2. The second-order valence-electron chi connectivity index (χ2n) is 8.98. The summed E-state index contributed by atoms with van der Waals surface area (Å²) in [4.78, 5) is 43.1. The third-order valence-electron chi connectivity index (χ3n) is 6.83. The molecular weight excluding hydrogens is 414 g/mol. The van der Waals surface area contributed by atoms with Crippen LogP contribution in [-0.4, -0.2) is 59.7 Å². The number of hydrogen-bond acceptors (Lipinski definition) is 3. The van der Waals surface area contributed by atoms with Crippen molar-refractivity contribution in [3.8, 4) is 0 Å². The summed E-state index contributed by atoms with van der Waals surface area (Å²) in [6.07, 6.45) is 4.44. The molecule has 2 aromatic rings. The minimum absolute atomic E-state index is 0.00180. The molecule has 2 atom stereocenters. The smallest absolute Gasteiger partial charge is 0.254 e. The van der Waals surface area contributed by atoms with Gasteiger partial charge in [0.15, 0.2) is 0 Å². The molecule has 4 rings (SSSR count). The first-order chi connectivity index (χ1) is 16.1. The molecule has 1 saturated carbocycles. The third-order valence-corrected chi connectivity index (χ3v) is 6.83. The van der Waals surface area contributed by atoms with Gasteiger partial charge in [0.25, 0.3) is 5.91 Å². The van der Waals surface area contributed by atoms with Gasteiger partial charge in [-0.25, -0.2) is 0 Å². The van der Waals surface area contributed by atoms with Gasteiger partial charge >= 0.3 is 0 Å². The third kappa shape index (κ3) is 5.81. The summed E-state index contributed by atoms with van der Waals surface area (Å²) < 4.78 is 0. The Morgan fingerprint density at radius 2 is 1.61 bits per heavy atom. The maximum atomic E-state index is 13.4. The lowest BCUT2D eigenvalue weighted by Gasteiger charge is -2.33. The van der Waals surface area contributed by atoms with E-state index in [-0.39, 0.29) is 29.7 Å². The summed E-state index contributed by atoms with van der Waals surface area (Å²) in [5, 5.41) is 3.04. The van der Waals surface area contributed by atoms with E-state index in [0.29, 0.717) is 51.0 Å². The van der Waals surface area contributed by atoms with Gasteiger partial charge in [-0.05, 0) is 43.4 Å². The van der Waals surface area contributed by atoms with Crippen LogP contribution in [0.1, 0.15) is 48.0 Å². The lowest BCUT2D eigenvalue weighted by molar-refractivity contribution is -0.132. The average molecular weight is 448 g/mol. The van der Waals surface area contributed by atoms with E-state index >= 15 is 0 Å². The van der Waals surface area contributed by atoms with Gasteiger partial charge < -0.3 is 15.1 Å². The van der Waals surface area contributed by atoms with E-state index in [1.54, 1.807) is 0 Å². The Morgan fingerprint density at radius 1 is 0.879 bits per heavy atom. The Kier molecular flexibility index (Phi) is 7.76. The highest BCUT2D eigenvalue weighted by atomic mass is 16.2. The van der Waals surface area contributed by atoms with E-state index in [2.05, 4.69) is 5.32 Å². The molecule has 3 amide bonds. The molecule has 6 heteroatoms. The summed E-state index contributed by atoms with van der Waals surface area (Å²) in [5.74, 6) is -0.116. The molecule has 2 fully saturated rings. The predicted octanol–water partition coefficient (Wildman–Crippen LogP) is 3.28. The zero-order valence-electron chi connectivity index (χ0n) is 19.1. The molecule has 2 aliphatic rings. The largest absolute Gasteiger partial charge is 0.354 e. The lowest BCUT2D eigenvalue weighted by Crippen LogP contribution is -2.47. The van der Waals surface area contributed by atoms with E-state index in [1.807, 2.05) is 70.5 Å². The van der Waals surface area contributed by atoms with Crippen LogP contribution in [0.15, 0.2) is 60.7 Å². The first-order valence-electron chi connectivity index (χ1n) is 12.1. The fourth-order valence-electron chi connectivity index (χ4n) is 5.08. The summed E-state index contributed by atoms with van der Waals surface area (Å²) in [7, 11) is 0. The molecule has 0 unspecified atom stereocenters. The second kappa shape index (κ2) is 11.1. The number of benzene rings is 2. The van der Waals surface area contributed by atoms with Crippen LogP contribution in [0, 0.1) is 5.92 Å². The Labute approximate surface area is 196 Å². The van der Waals surface area contributed by atoms with Crippen LogP contribution in [-0.2, 0) is 16.0 Å². The number of aryl methyl sites for hydroxylation is 1. The maximum absolute atomic E-state index is 13.4. The molecule has 0 spiro atoms. The molecule has 1 N–H and O–H groups in total. The van der Waals surface area contributed by atoms with E-state index in [1.165, 1.54) is 0 Å². The van der Waals surface area contributed by atoms with Crippen molar-refractivity contribution < 1.29 is 14.4 Å². The molecule has 0 bridgehead atoms. The molecule has 6 nitrogen and oxygen atoms in total. The number of carbonyl (C=O) groups excluding carboxylic acids is 3. The van der Waals surface area contributed by atoms with Gasteiger partial charge in [-0.3, -0.25) is 14.4 Å². The lowest BCUT2D eigenvalue weighted by atomic mass is 9.99. The van der Waals surface area contributed by atoms with E-state index < -0.39 is 0 Å². The van der Waals surface area contributed by atoms with Gasteiger partial charge in [-0.1, -0.05) is 55.0 Å². The zero-order valence-corrected chi connectivity index (χ0v) is 19.1. The minimum atomic E-state index is -0.182. The van der Waals surface area contributed by atoms with Crippen LogP contribution in [0.25, 0.3) is 0 Å². The number of fused-ring (bicyclic) bond motifs is 1. The molecule has 1 aliphatic carbocycles. The van der Waals surface area contributed by atoms with E-state index in [4.69, 9.17) is 0 Å². The van der Waals surface area contributed by atoms with Crippen molar-refractivity contribution in [2.45, 2.75) is 44.6 Å². The van der Waals surface area contributed by atoms with Crippen molar-refractivity contribution >= 4 is 17.7 Å². The second-order valence-corrected chi connectivity index (χ2v) is 8.98. The van der Waals surface area contributed by atoms with Crippen LogP contribution in [0.3, 0.4) is 0 Å². The monoisotopic (exact) mass is 447 g/mol. The SMILES string of the molecule is O=C1NCCN(C(=O)CCc2ccccc2)CCCN(C(=O)c2ccccc2)[C@H]2CCC[C@@H]12. The first-order valence-corrected chi connectivity index (χ1v) is 12.1. The molecular formula is C27H33N3O3. The number of nitrogens with one attached hydrogen (secondary N) is 1. The van der Waals surface area contributed by atoms with Crippen LogP contribution < -0.4 is 5.32 Å². The van der Waals surface area contributed by atoms with Crippen LogP contribution in [0.4, 0.5) is 0 Å². The maximum Gasteiger partial charge on any atom is 0.254 e. The fraction of sp³-hybridized carbons (Fsp3) is 0.444. The van der Waals surface area contributed by atoms with E-state index in [0.717, 1.165) is 24.8 Å². The highest BCUT2D eigenvalue weighted by Crippen LogP contribution is 2.31. The highest BCUT2D eigenvalue weighted by Gasteiger charge is 2.39. The minimum Gasteiger partial charge on any atom is -0.354 e. The van der Waals surface area contributed by atoms with Crippen molar-refractivity contribution in [3.05, 3.63) is 71.8 Å². The predicted molar refractivity (Wildman–Crippen MR) is 128 cm³/mol. The summed E-state index contributed by atoms with van der Waals surface area (Å²) in [6, 6.07) is 19.2. The Bertz CT molecular complexity index is 948. The summed E-state index contributed by atoms with van der Waals surface area (Å²) in [5.41, 5.74) is 1.79. The molecule has 33 heavy (non-hydrogen) atoms. The molecule has 1 aliphatic heterocycles. The van der Waals surface area contributed by atoms with Gasteiger partial charge in [0.1, 0.15) is 0 Å². The van der Waals surface area contributed by atoms with Crippen LogP contribution in [0.5, 0.6) is 0 Å². The van der Waals surface area contributed by atoms with Gasteiger partial charge in [0.2, 0.25) is 11.8 Å². The number of rotatable bonds is 4. The van der Waals surface area contributed by atoms with Crippen molar-refractivity contribution in [1.82, 2.24) is 15.1 Å². The van der Waals surface area contributed by atoms with E-state index in [9.17, 15) is 14.4 Å². The zero-order chi connectivity index (χ0) is 23.0. The molecule has 0 aromatic heterocycles. The molecule has 1 saturated heterocycles. The average Bonchev–Trinajstić information content (AvgIpc) is 3.33. The molecule has 1 heterocycles. The van der Waals surface area contributed by atoms with Crippen molar-refractivity contribution in [2.75, 3.05) is 26.2 Å². The van der Waals surface area contributed by atoms with Crippen molar-refractivity contribution in [2.24, 2.45) is 5.92 Å². The van der Waals surface area contributed by atoms with Gasteiger partial charge in [0, 0.05) is 44.2 Å². The molecule has 174 valence electrons. The molecule has 0 radical (unpaired) electrons. The van der Waals surface area contributed by atoms with Gasteiger partial charge in [0.05, 0.1) is 5.92 Å². The normalized spacial score (nSPS) is 21.6. The quantitative estimate of drug-likeness (QED) is 0.782. The van der Waals surface area contributed by atoms with Crippen molar-refractivity contribution in [1.29, 1.82) is 0 Å². The Morgan fingerprint density at radius 3 is 2.36 bits per heavy atom. The summed E-state index contributed by atoms with van der Waals surface area (Å²) in [6.45, 7) is 2.08. The molecule has 2 aromatic carbocycles. The topological polar surface area (TPSA) is 69.7 Å². The van der Waals surface area contributed by atoms with Crippen molar-refractivity contribution in [3.63, 3.8) is 0 Å². The van der Waals surface area contributed by atoms with Crippen LogP contribution in [0.2, 0.25) is 0 Å². The fourth-order valence-corrected chi connectivity index (χ4v) is 5.08. The van der Waals surface area contributed by atoms with Crippen LogP contribution >= 0.6 is 0 Å². The Hall–Kier alpha value is -3.15. The Balaban J connectivity index is 1.46.